The number of carbonyl (C=O) groups excluding carboxylic acids is 1. The third-order valence-corrected chi connectivity index (χ3v) is 7.91. The van der Waals surface area contributed by atoms with E-state index in [1.54, 1.807) is 0 Å². The van der Waals surface area contributed by atoms with Gasteiger partial charge in [0.15, 0.2) is 0 Å². The monoisotopic (exact) mass is 479 g/mol. The first-order valence-corrected chi connectivity index (χ1v) is 12.5. The minimum absolute atomic E-state index is 0.0222. The van der Waals surface area contributed by atoms with Gasteiger partial charge in [0.05, 0.1) is 31.3 Å². The van der Waals surface area contributed by atoms with E-state index in [-0.39, 0.29) is 24.3 Å². The number of nitrogens with zero attached hydrogens (tertiary/aromatic N) is 1. The van der Waals surface area contributed by atoms with Gasteiger partial charge in [-0.1, -0.05) is 36.4 Å². The molecule has 5 rings (SSSR count). The van der Waals surface area contributed by atoms with Crippen LogP contribution in [0.15, 0.2) is 54.6 Å². The first-order valence-electron chi connectivity index (χ1n) is 12.5. The Hall–Kier alpha value is -3.06. The Labute approximate surface area is 206 Å². The second kappa shape index (κ2) is 9.53. The van der Waals surface area contributed by atoms with Crippen LogP contribution < -0.4 is 9.47 Å². The molecule has 1 spiro atoms. The summed E-state index contributed by atoms with van der Waals surface area (Å²) >= 11 is 0. The average Bonchev–Trinajstić information content (AvgIpc) is 3.26. The summed E-state index contributed by atoms with van der Waals surface area (Å²) in [4.78, 5) is 26.8. The van der Waals surface area contributed by atoms with Crippen LogP contribution in [0, 0.1) is 5.92 Å². The number of para-hydroxylation sites is 2. The van der Waals surface area contributed by atoms with Crippen LogP contribution in [0.4, 0.5) is 0 Å². The first kappa shape index (κ1) is 23.7. The van der Waals surface area contributed by atoms with Crippen molar-refractivity contribution in [2.45, 2.75) is 62.7 Å². The molecule has 0 radical (unpaired) electrons. The van der Waals surface area contributed by atoms with E-state index >= 15 is 0 Å². The lowest BCUT2D eigenvalue weighted by Crippen LogP contribution is -2.60. The smallest absolute Gasteiger partial charge is 0.303 e. The van der Waals surface area contributed by atoms with Crippen molar-refractivity contribution in [1.82, 2.24) is 4.90 Å². The molecule has 2 aromatic carbocycles. The molecule has 7 nitrogen and oxygen atoms in total. The van der Waals surface area contributed by atoms with Crippen molar-refractivity contribution in [3.8, 4) is 11.5 Å². The summed E-state index contributed by atoms with van der Waals surface area (Å²) in [6, 6.07) is 17.4. The Morgan fingerprint density at radius 1 is 1.11 bits per heavy atom. The number of rotatable bonds is 7. The number of aliphatic carboxylic acids is 1. The summed E-state index contributed by atoms with van der Waals surface area (Å²) in [7, 11) is 0. The number of carboxylic acids is 1. The van der Waals surface area contributed by atoms with Gasteiger partial charge in [-0.3, -0.25) is 9.59 Å². The molecule has 7 heteroatoms. The minimum Gasteiger partial charge on any atom is -0.493 e. The highest BCUT2D eigenvalue weighted by Crippen LogP contribution is 2.55. The van der Waals surface area contributed by atoms with Gasteiger partial charge in [0.25, 0.3) is 0 Å². The van der Waals surface area contributed by atoms with Gasteiger partial charge < -0.3 is 24.2 Å². The standard InChI is InChI=1S/C28H33NO6/c1-27(15-12-25(31)32)22-18-28(19-34-26(22)21-10-5-6-11-23(21)35-27)14-7-16-29(28)24(30)13-17-33-20-8-3-2-4-9-20/h2-6,8-11,22,26H,7,12-19H2,1H3,(H,31,32)/t22-,26+,27+,28+/m1/s1. The fraction of sp³-hybridized carbons (Fsp3) is 0.500. The van der Waals surface area contributed by atoms with Gasteiger partial charge >= 0.3 is 5.97 Å². The zero-order chi connectivity index (χ0) is 24.5. The van der Waals surface area contributed by atoms with Crippen LogP contribution in [0.25, 0.3) is 0 Å². The molecule has 0 bridgehead atoms. The van der Waals surface area contributed by atoms with Gasteiger partial charge in [0.2, 0.25) is 5.91 Å². The van der Waals surface area contributed by atoms with Crippen LogP contribution in [0.2, 0.25) is 0 Å². The maximum atomic E-state index is 13.3. The van der Waals surface area contributed by atoms with Crippen molar-refractivity contribution < 1.29 is 28.9 Å². The molecular weight excluding hydrogens is 446 g/mol. The molecule has 2 fully saturated rings. The summed E-state index contributed by atoms with van der Waals surface area (Å²) in [5.41, 5.74) is -0.0868. The largest absolute Gasteiger partial charge is 0.493 e. The lowest BCUT2D eigenvalue weighted by Gasteiger charge is -2.54. The van der Waals surface area contributed by atoms with E-state index in [1.165, 1.54) is 0 Å². The number of benzene rings is 2. The molecule has 186 valence electrons. The molecule has 3 aliphatic rings. The van der Waals surface area contributed by atoms with E-state index in [9.17, 15) is 14.7 Å². The number of amides is 1. The summed E-state index contributed by atoms with van der Waals surface area (Å²) in [5.74, 6) is 0.694. The maximum Gasteiger partial charge on any atom is 0.303 e. The van der Waals surface area contributed by atoms with E-state index in [4.69, 9.17) is 14.2 Å². The highest BCUT2D eigenvalue weighted by molar-refractivity contribution is 5.77. The number of ether oxygens (including phenoxy) is 3. The van der Waals surface area contributed by atoms with E-state index in [2.05, 4.69) is 0 Å². The topological polar surface area (TPSA) is 85.3 Å². The fourth-order valence-corrected chi connectivity index (χ4v) is 6.10. The van der Waals surface area contributed by atoms with E-state index in [0.29, 0.717) is 32.6 Å². The van der Waals surface area contributed by atoms with Gasteiger partial charge in [-0.05, 0) is 50.8 Å². The molecule has 0 saturated carbocycles. The Balaban J connectivity index is 1.34. The normalized spacial score (nSPS) is 29.2. The Kier molecular flexibility index (Phi) is 6.45. The van der Waals surface area contributed by atoms with Crippen molar-refractivity contribution >= 4 is 11.9 Å². The molecule has 0 aromatic heterocycles. The summed E-state index contributed by atoms with van der Waals surface area (Å²) in [6.07, 6.45) is 3.06. The zero-order valence-corrected chi connectivity index (χ0v) is 20.2. The predicted molar refractivity (Wildman–Crippen MR) is 129 cm³/mol. The predicted octanol–water partition coefficient (Wildman–Crippen LogP) is 4.61. The van der Waals surface area contributed by atoms with Gasteiger partial charge in [-0.25, -0.2) is 0 Å². The number of fused-ring (bicyclic) bond motifs is 3. The van der Waals surface area contributed by atoms with Gasteiger partial charge in [-0.15, -0.1) is 0 Å². The third-order valence-electron chi connectivity index (χ3n) is 7.91. The van der Waals surface area contributed by atoms with Gasteiger partial charge in [0, 0.05) is 24.4 Å². The van der Waals surface area contributed by atoms with Crippen molar-refractivity contribution in [3.05, 3.63) is 60.2 Å². The van der Waals surface area contributed by atoms with E-state index in [0.717, 1.165) is 36.3 Å². The molecule has 0 aliphatic carbocycles. The van der Waals surface area contributed by atoms with Crippen molar-refractivity contribution in [3.63, 3.8) is 0 Å². The molecule has 1 amide bonds. The lowest BCUT2D eigenvalue weighted by molar-refractivity contribution is -0.180. The van der Waals surface area contributed by atoms with Crippen LogP contribution in [-0.4, -0.2) is 52.8 Å². The first-order chi connectivity index (χ1) is 16.9. The number of hydrogen-bond donors (Lipinski definition) is 1. The number of likely N-dealkylation sites (tertiary alicyclic amines) is 1. The molecule has 35 heavy (non-hydrogen) atoms. The highest BCUT2D eigenvalue weighted by atomic mass is 16.5. The van der Waals surface area contributed by atoms with Crippen molar-refractivity contribution in [2.24, 2.45) is 5.92 Å². The highest BCUT2D eigenvalue weighted by Gasteiger charge is 2.57. The summed E-state index contributed by atoms with van der Waals surface area (Å²) in [5, 5.41) is 9.38. The van der Waals surface area contributed by atoms with Crippen molar-refractivity contribution in [1.29, 1.82) is 0 Å². The SMILES string of the molecule is C[C@@]1(CCC(=O)O)Oc2ccccc2[C@@H]2OC[C@]3(CCCN3C(=O)CCOc3ccccc3)C[C@H]21. The molecule has 3 heterocycles. The second-order valence-corrected chi connectivity index (χ2v) is 10.2. The maximum absolute atomic E-state index is 13.3. The van der Waals surface area contributed by atoms with Crippen molar-refractivity contribution in [2.75, 3.05) is 19.8 Å². The number of hydrogen-bond acceptors (Lipinski definition) is 5. The van der Waals surface area contributed by atoms with Crippen LogP contribution in [0.1, 0.15) is 57.1 Å². The third kappa shape index (κ3) is 4.61. The molecule has 3 aliphatic heterocycles. The lowest BCUT2D eigenvalue weighted by atomic mass is 9.68. The van der Waals surface area contributed by atoms with Crippen LogP contribution in [-0.2, 0) is 14.3 Å². The molecular formula is C28H33NO6. The summed E-state index contributed by atoms with van der Waals surface area (Å²) in [6.45, 7) is 3.51. The number of carboxylic acid groups (broad SMARTS) is 1. The van der Waals surface area contributed by atoms with Gasteiger partial charge in [0.1, 0.15) is 17.1 Å². The zero-order valence-electron chi connectivity index (χ0n) is 20.2. The Morgan fingerprint density at radius 2 is 1.89 bits per heavy atom. The molecule has 4 atom stereocenters. The molecule has 2 aromatic rings. The molecule has 1 N–H and O–H groups in total. The second-order valence-electron chi connectivity index (χ2n) is 10.2. The average molecular weight is 480 g/mol. The van der Waals surface area contributed by atoms with Crippen LogP contribution in [0.5, 0.6) is 11.5 Å². The van der Waals surface area contributed by atoms with Gasteiger partial charge in [-0.2, -0.15) is 0 Å². The number of carbonyl (C=O) groups is 2. The van der Waals surface area contributed by atoms with Crippen LogP contribution >= 0.6 is 0 Å². The molecule has 0 unspecified atom stereocenters. The van der Waals surface area contributed by atoms with E-state index < -0.39 is 17.1 Å². The van der Waals surface area contributed by atoms with Crippen LogP contribution in [0.3, 0.4) is 0 Å². The quantitative estimate of drug-likeness (QED) is 0.624. The fourth-order valence-electron chi connectivity index (χ4n) is 6.10. The summed E-state index contributed by atoms with van der Waals surface area (Å²) < 4.78 is 18.8. The van der Waals surface area contributed by atoms with E-state index in [1.807, 2.05) is 66.4 Å². The molecule has 2 saturated heterocycles. The Bertz CT molecular complexity index is 1070. The Morgan fingerprint density at radius 3 is 2.69 bits per heavy atom. The minimum atomic E-state index is -0.840.